The fourth-order valence-corrected chi connectivity index (χ4v) is 1.09. The first kappa shape index (κ1) is 12.1. The Morgan fingerprint density at radius 2 is 1.88 bits per heavy atom. The van der Waals surface area contributed by atoms with Crippen molar-refractivity contribution in [3.8, 4) is 11.5 Å². The summed E-state index contributed by atoms with van der Waals surface area (Å²) in [5.41, 5.74) is 0.143. The maximum absolute atomic E-state index is 12.0. The Morgan fingerprint density at radius 3 is 2.44 bits per heavy atom. The lowest BCUT2D eigenvalue weighted by atomic mass is 10.1. The summed E-state index contributed by atoms with van der Waals surface area (Å²) in [7, 11) is 0. The van der Waals surface area contributed by atoms with Gasteiger partial charge >= 0.3 is 0 Å². The number of benzene rings is 1. The van der Waals surface area contributed by atoms with Crippen LogP contribution in [0.25, 0.3) is 0 Å². The Kier molecular flexibility index (Phi) is 4.38. The predicted molar refractivity (Wildman–Crippen MR) is 52.8 cm³/mol. The van der Waals surface area contributed by atoms with Gasteiger partial charge < -0.3 is 14.9 Å². The molecule has 0 unspecified atom stereocenters. The number of carbonyl (C=O) groups is 1. The van der Waals surface area contributed by atoms with Crippen LogP contribution in [0.2, 0.25) is 0 Å². The number of hydrogen-bond acceptors (Lipinski definition) is 4. The van der Waals surface area contributed by atoms with Crippen LogP contribution < -0.4 is 9.47 Å². The number of halogens is 2. The first-order valence-corrected chi connectivity index (χ1v) is 4.29. The number of hydrogen-bond donors (Lipinski definition) is 1. The van der Waals surface area contributed by atoms with Crippen molar-refractivity contribution in [1.29, 1.82) is 5.41 Å². The van der Waals surface area contributed by atoms with Gasteiger partial charge in [-0.05, 0) is 18.2 Å². The van der Waals surface area contributed by atoms with E-state index in [0.717, 1.165) is 0 Å². The summed E-state index contributed by atoms with van der Waals surface area (Å²) in [6.45, 7) is -2.20. The van der Waals surface area contributed by atoms with Gasteiger partial charge in [-0.3, -0.25) is 4.79 Å². The van der Waals surface area contributed by atoms with Gasteiger partial charge in [0.15, 0.2) is 11.5 Å². The van der Waals surface area contributed by atoms with Crippen molar-refractivity contribution in [3.63, 3.8) is 0 Å². The van der Waals surface area contributed by atoms with Crippen molar-refractivity contribution in [2.45, 2.75) is 0 Å². The Hall–Kier alpha value is -1.98. The quantitative estimate of drug-likeness (QED) is 0.600. The lowest BCUT2D eigenvalue weighted by Gasteiger charge is -2.09. The molecule has 0 fully saturated rings. The maximum atomic E-state index is 12.0. The van der Waals surface area contributed by atoms with E-state index in [1.807, 2.05) is 0 Å². The second-order valence-electron chi connectivity index (χ2n) is 2.68. The minimum atomic E-state index is -1.12. The third kappa shape index (κ3) is 2.75. The molecule has 1 N–H and O–H groups in total. The lowest BCUT2D eigenvalue weighted by Crippen LogP contribution is -2.02. The van der Waals surface area contributed by atoms with Crippen LogP contribution in [0, 0.1) is 5.41 Å². The summed E-state index contributed by atoms with van der Waals surface area (Å²) in [5, 5.41) is 6.77. The fraction of sp³-hybridized carbons (Fsp3) is 0.200. The number of nitrogens with one attached hydrogen (secondary N) is 1. The number of Topliss-reactive ketones (excluding diaryl/α,β-unsaturated/α-hetero) is 1. The Bertz CT molecular complexity index is 396. The molecule has 6 heteroatoms. The monoisotopic (exact) mass is 229 g/mol. The van der Waals surface area contributed by atoms with Gasteiger partial charge in [0.05, 0.1) is 6.21 Å². The van der Waals surface area contributed by atoms with Gasteiger partial charge in [-0.15, -0.1) is 0 Å². The SMILES string of the molecule is N=CC(=O)c1ccc(OCF)c(OCF)c1. The first-order chi connectivity index (χ1) is 7.72. The van der Waals surface area contributed by atoms with Gasteiger partial charge in [0.1, 0.15) is 0 Å². The zero-order valence-corrected chi connectivity index (χ0v) is 8.20. The molecule has 1 rings (SSSR count). The third-order valence-corrected chi connectivity index (χ3v) is 1.78. The van der Waals surface area contributed by atoms with E-state index in [2.05, 4.69) is 9.47 Å². The largest absolute Gasteiger partial charge is 0.459 e. The van der Waals surface area contributed by atoms with Crippen LogP contribution in [0.1, 0.15) is 10.4 Å². The van der Waals surface area contributed by atoms with Gasteiger partial charge in [0.25, 0.3) is 0 Å². The molecule has 0 saturated heterocycles. The zero-order chi connectivity index (χ0) is 12.0. The van der Waals surface area contributed by atoms with Crippen LogP contribution in [0.3, 0.4) is 0 Å². The van der Waals surface area contributed by atoms with Gasteiger partial charge in [0.2, 0.25) is 19.5 Å². The topological polar surface area (TPSA) is 59.4 Å². The van der Waals surface area contributed by atoms with Crippen LogP contribution in [0.5, 0.6) is 11.5 Å². The molecule has 0 aromatic heterocycles. The highest BCUT2D eigenvalue weighted by molar-refractivity contribution is 6.34. The zero-order valence-electron chi connectivity index (χ0n) is 8.20. The molecule has 86 valence electrons. The van der Waals surface area contributed by atoms with E-state index >= 15 is 0 Å². The van der Waals surface area contributed by atoms with Crippen LogP contribution in [-0.4, -0.2) is 25.7 Å². The molecular weight excluding hydrogens is 220 g/mol. The summed E-state index contributed by atoms with van der Waals surface area (Å²) in [6, 6.07) is 3.81. The standard InChI is InChI=1S/C10H9F2NO3/c11-5-15-9-2-1-7(8(14)4-13)3-10(9)16-6-12/h1-4,13H,5-6H2. The smallest absolute Gasteiger partial charge is 0.228 e. The Morgan fingerprint density at radius 1 is 1.25 bits per heavy atom. The summed E-state index contributed by atoms with van der Waals surface area (Å²) >= 11 is 0. The molecule has 16 heavy (non-hydrogen) atoms. The number of carbonyl (C=O) groups excluding carboxylic acids is 1. The molecule has 0 aliphatic carbocycles. The van der Waals surface area contributed by atoms with Crippen LogP contribution >= 0.6 is 0 Å². The van der Waals surface area contributed by atoms with Crippen LogP contribution in [-0.2, 0) is 0 Å². The number of ether oxygens (including phenoxy) is 2. The summed E-state index contributed by atoms with van der Waals surface area (Å²) in [4.78, 5) is 11.1. The first-order valence-electron chi connectivity index (χ1n) is 4.29. The molecular formula is C10H9F2NO3. The van der Waals surface area contributed by atoms with E-state index in [1.54, 1.807) is 0 Å². The minimum absolute atomic E-state index is 0.00156. The highest BCUT2D eigenvalue weighted by Gasteiger charge is 2.10. The highest BCUT2D eigenvalue weighted by atomic mass is 19.1. The Labute approximate surface area is 90.3 Å². The van der Waals surface area contributed by atoms with Gasteiger partial charge in [-0.25, -0.2) is 8.78 Å². The van der Waals surface area contributed by atoms with Crippen molar-refractivity contribution in [2.24, 2.45) is 0 Å². The van der Waals surface area contributed by atoms with E-state index in [0.29, 0.717) is 6.21 Å². The van der Waals surface area contributed by atoms with Crippen LogP contribution in [0.15, 0.2) is 18.2 Å². The molecule has 4 nitrogen and oxygen atoms in total. The maximum Gasteiger partial charge on any atom is 0.228 e. The van der Waals surface area contributed by atoms with E-state index in [1.165, 1.54) is 18.2 Å². The van der Waals surface area contributed by atoms with E-state index in [-0.39, 0.29) is 17.1 Å². The number of rotatable bonds is 6. The third-order valence-electron chi connectivity index (χ3n) is 1.78. The summed E-state index contributed by atoms with van der Waals surface area (Å²) in [5.74, 6) is -0.634. The molecule has 0 saturated carbocycles. The molecule has 1 aromatic carbocycles. The van der Waals surface area contributed by atoms with Crippen molar-refractivity contribution in [2.75, 3.05) is 13.7 Å². The van der Waals surface area contributed by atoms with Crippen molar-refractivity contribution < 1.29 is 23.0 Å². The normalized spacial score (nSPS) is 9.62. The average molecular weight is 229 g/mol. The molecule has 0 bridgehead atoms. The molecule has 1 aromatic rings. The molecule has 0 amide bonds. The second kappa shape index (κ2) is 5.79. The van der Waals surface area contributed by atoms with E-state index in [9.17, 15) is 13.6 Å². The van der Waals surface area contributed by atoms with Gasteiger partial charge in [0, 0.05) is 5.56 Å². The highest BCUT2D eigenvalue weighted by Crippen LogP contribution is 2.28. The van der Waals surface area contributed by atoms with Crippen molar-refractivity contribution in [1.82, 2.24) is 0 Å². The molecule has 0 heterocycles. The summed E-state index contributed by atoms with van der Waals surface area (Å²) in [6.07, 6.45) is 0.615. The fourth-order valence-electron chi connectivity index (χ4n) is 1.09. The van der Waals surface area contributed by atoms with Crippen molar-refractivity contribution in [3.05, 3.63) is 23.8 Å². The number of alkyl halides is 2. The average Bonchev–Trinajstić information content (AvgIpc) is 2.31. The second-order valence-corrected chi connectivity index (χ2v) is 2.68. The molecule has 0 spiro atoms. The number of ketones is 1. The van der Waals surface area contributed by atoms with Gasteiger partial charge in [-0.2, -0.15) is 0 Å². The Balaban J connectivity index is 3.05. The predicted octanol–water partition coefficient (Wildman–Crippen LogP) is 2.13. The van der Waals surface area contributed by atoms with Crippen LogP contribution in [0.4, 0.5) is 8.78 Å². The molecule has 0 atom stereocenters. The lowest BCUT2D eigenvalue weighted by molar-refractivity contribution is 0.106. The van der Waals surface area contributed by atoms with E-state index in [4.69, 9.17) is 5.41 Å². The molecule has 0 aliphatic heterocycles. The van der Waals surface area contributed by atoms with E-state index < -0.39 is 19.5 Å². The van der Waals surface area contributed by atoms with Gasteiger partial charge in [-0.1, -0.05) is 0 Å². The summed E-state index contributed by atoms with van der Waals surface area (Å²) < 4.78 is 33.0. The molecule has 0 radical (unpaired) electrons. The minimum Gasteiger partial charge on any atom is -0.459 e. The van der Waals surface area contributed by atoms with Crippen molar-refractivity contribution >= 4 is 12.0 Å². The molecule has 0 aliphatic rings.